The molecule has 0 aromatic carbocycles. The van der Waals surface area contributed by atoms with Gasteiger partial charge in [0, 0.05) is 17.6 Å². The van der Waals surface area contributed by atoms with Gasteiger partial charge in [0.05, 0.1) is 29.1 Å². The van der Waals surface area contributed by atoms with Crippen LogP contribution in [-0.4, -0.2) is 34.9 Å². The van der Waals surface area contributed by atoms with E-state index in [1.54, 1.807) is 35.9 Å². The van der Waals surface area contributed by atoms with Crippen molar-refractivity contribution in [2.24, 2.45) is 4.99 Å². The summed E-state index contributed by atoms with van der Waals surface area (Å²) in [5.41, 5.74) is 1.68. The number of carbonyl (C=O) groups excluding carboxylic acids is 1. The van der Waals surface area contributed by atoms with E-state index in [-0.39, 0.29) is 12.5 Å². The maximum absolute atomic E-state index is 11.9. The Morgan fingerprint density at radius 3 is 2.79 bits per heavy atom. The first-order valence-corrected chi connectivity index (χ1v) is 8.55. The molecule has 24 heavy (non-hydrogen) atoms. The largest absolute Gasteiger partial charge is 0.357 e. The van der Waals surface area contributed by atoms with Crippen molar-refractivity contribution >= 4 is 28.9 Å². The van der Waals surface area contributed by atoms with E-state index in [0.29, 0.717) is 18.2 Å². The number of thiazole rings is 1. The molecule has 0 atom stereocenters. The first-order valence-electron chi connectivity index (χ1n) is 7.73. The Morgan fingerprint density at radius 2 is 2.17 bits per heavy atom. The fraction of sp³-hybridized carbons (Fsp3) is 0.375. The van der Waals surface area contributed by atoms with Crippen molar-refractivity contribution in [1.82, 2.24) is 20.6 Å². The minimum atomic E-state index is -0.190. The Bertz CT molecular complexity index is 698. The highest BCUT2D eigenvalue weighted by molar-refractivity contribution is 7.11. The van der Waals surface area contributed by atoms with Crippen molar-refractivity contribution < 1.29 is 4.79 Å². The third-order valence-corrected chi connectivity index (χ3v) is 4.16. The molecule has 0 bridgehead atoms. The number of pyridine rings is 1. The van der Waals surface area contributed by atoms with E-state index in [0.717, 1.165) is 22.1 Å². The molecule has 3 N–H and O–H groups in total. The zero-order chi connectivity index (χ0) is 17.4. The van der Waals surface area contributed by atoms with Crippen LogP contribution in [0.25, 0.3) is 0 Å². The van der Waals surface area contributed by atoms with Crippen LogP contribution < -0.4 is 16.0 Å². The van der Waals surface area contributed by atoms with E-state index in [4.69, 9.17) is 0 Å². The summed E-state index contributed by atoms with van der Waals surface area (Å²) in [7, 11) is 0. The summed E-state index contributed by atoms with van der Waals surface area (Å²) in [4.78, 5) is 25.8. The highest BCUT2D eigenvalue weighted by atomic mass is 32.1. The quantitative estimate of drug-likeness (QED) is 0.548. The highest BCUT2D eigenvalue weighted by Gasteiger charge is 2.07. The van der Waals surface area contributed by atoms with Crippen LogP contribution in [0.2, 0.25) is 0 Å². The average molecular weight is 346 g/mol. The van der Waals surface area contributed by atoms with Crippen molar-refractivity contribution in [3.63, 3.8) is 0 Å². The number of hydrogen-bond donors (Lipinski definition) is 3. The molecule has 7 nitrogen and oxygen atoms in total. The number of hydrogen-bond acceptors (Lipinski definition) is 5. The van der Waals surface area contributed by atoms with Crippen molar-refractivity contribution in [1.29, 1.82) is 0 Å². The molecule has 0 saturated carbocycles. The Hall–Kier alpha value is -2.48. The third kappa shape index (κ3) is 5.62. The second-order valence-corrected chi connectivity index (χ2v) is 6.37. The van der Waals surface area contributed by atoms with Crippen molar-refractivity contribution in [2.45, 2.75) is 27.3 Å². The molecular formula is C16H22N6OS. The molecule has 1 amide bonds. The van der Waals surface area contributed by atoms with Gasteiger partial charge in [0.1, 0.15) is 6.54 Å². The summed E-state index contributed by atoms with van der Waals surface area (Å²) in [5.74, 6) is 0.411. The maximum Gasteiger partial charge on any atom is 0.246 e. The first kappa shape index (κ1) is 17.9. The fourth-order valence-corrected chi connectivity index (χ4v) is 2.91. The number of carbonyl (C=O) groups is 1. The van der Waals surface area contributed by atoms with Crippen LogP contribution in [0, 0.1) is 13.8 Å². The van der Waals surface area contributed by atoms with Crippen LogP contribution in [0.5, 0.6) is 0 Å². The monoisotopic (exact) mass is 346 g/mol. The maximum atomic E-state index is 11.9. The molecule has 0 aliphatic rings. The topological polar surface area (TPSA) is 91.3 Å². The minimum absolute atomic E-state index is 0.0327. The molecule has 0 saturated heterocycles. The third-order valence-electron chi connectivity index (χ3n) is 3.09. The van der Waals surface area contributed by atoms with E-state index in [1.807, 2.05) is 20.8 Å². The van der Waals surface area contributed by atoms with E-state index in [1.165, 1.54) is 0 Å². The van der Waals surface area contributed by atoms with Crippen LogP contribution in [0.15, 0.2) is 29.5 Å². The predicted molar refractivity (Wildman–Crippen MR) is 97.3 cm³/mol. The van der Waals surface area contributed by atoms with Gasteiger partial charge >= 0.3 is 0 Å². The molecule has 0 spiro atoms. The molecule has 2 aromatic rings. The van der Waals surface area contributed by atoms with Gasteiger partial charge in [0.2, 0.25) is 5.91 Å². The molecular weight excluding hydrogens is 324 g/mol. The normalized spacial score (nSPS) is 11.2. The van der Waals surface area contributed by atoms with Crippen LogP contribution in [0.1, 0.15) is 22.5 Å². The Labute approximate surface area is 145 Å². The predicted octanol–water partition coefficient (Wildman–Crippen LogP) is 1.85. The number of aliphatic imine (C=N–C) groups is 1. The van der Waals surface area contributed by atoms with Crippen molar-refractivity contribution in [2.75, 3.05) is 18.4 Å². The van der Waals surface area contributed by atoms with E-state index in [9.17, 15) is 4.79 Å². The first-order chi connectivity index (χ1) is 11.6. The molecule has 0 fully saturated rings. The lowest BCUT2D eigenvalue weighted by atomic mass is 10.4. The van der Waals surface area contributed by atoms with Gasteiger partial charge in [0.25, 0.3) is 0 Å². The Morgan fingerprint density at radius 1 is 1.33 bits per heavy atom. The van der Waals surface area contributed by atoms with Crippen molar-refractivity contribution in [3.8, 4) is 0 Å². The number of anilines is 1. The van der Waals surface area contributed by atoms with Gasteiger partial charge in [-0.25, -0.2) is 9.98 Å². The van der Waals surface area contributed by atoms with Gasteiger partial charge in [-0.3, -0.25) is 9.78 Å². The molecule has 2 heterocycles. The summed E-state index contributed by atoms with van der Waals surface area (Å²) in [6, 6.07) is 3.55. The van der Waals surface area contributed by atoms with Crippen LogP contribution in [0.4, 0.5) is 5.69 Å². The zero-order valence-corrected chi connectivity index (χ0v) is 14.9. The summed E-state index contributed by atoms with van der Waals surface area (Å²) >= 11 is 1.66. The summed E-state index contributed by atoms with van der Waals surface area (Å²) < 4.78 is 0. The molecule has 2 rings (SSSR count). The standard InChI is InChI=1S/C16H22N6OS/c1-4-18-16(19-9-14-11(2)21-12(3)24-14)20-10-15(23)22-13-6-5-7-17-8-13/h5-8H,4,9-10H2,1-3H3,(H,22,23)(H2,18,19,20). The number of nitrogens with zero attached hydrogens (tertiary/aromatic N) is 3. The molecule has 0 radical (unpaired) electrons. The zero-order valence-electron chi connectivity index (χ0n) is 14.1. The lowest BCUT2D eigenvalue weighted by Gasteiger charge is -2.10. The highest BCUT2D eigenvalue weighted by Crippen LogP contribution is 2.16. The van der Waals surface area contributed by atoms with E-state index in [2.05, 4.69) is 30.9 Å². The summed E-state index contributed by atoms with van der Waals surface area (Å²) in [6.07, 6.45) is 3.25. The number of rotatable bonds is 6. The number of aromatic nitrogens is 2. The second kappa shape index (κ2) is 8.97. The SMILES string of the molecule is CCNC(=NCC(=O)Nc1cccnc1)NCc1sc(C)nc1C. The van der Waals surface area contributed by atoms with Gasteiger partial charge in [-0.1, -0.05) is 0 Å². The van der Waals surface area contributed by atoms with Crippen LogP contribution in [0.3, 0.4) is 0 Å². The molecule has 8 heteroatoms. The second-order valence-electron chi connectivity index (χ2n) is 5.08. The number of amides is 1. The van der Waals surface area contributed by atoms with Gasteiger partial charge in [0.15, 0.2) is 5.96 Å². The summed E-state index contributed by atoms with van der Waals surface area (Å²) in [6.45, 7) is 7.35. The molecule has 0 unspecified atom stereocenters. The van der Waals surface area contributed by atoms with E-state index >= 15 is 0 Å². The summed E-state index contributed by atoms with van der Waals surface area (Å²) in [5, 5.41) is 10.2. The van der Waals surface area contributed by atoms with Gasteiger partial charge in [-0.05, 0) is 32.9 Å². The molecule has 2 aromatic heterocycles. The minimum Gasteiger partial charge on any atom is -0.357 e. The Kier molecular flexibility index (Phi) is 6.68. The van der Waals surface area contributed by atoms with Gasteiger partial charge < -0.3 is 16.0 Å². The smallest absolute Gasteiger partial charge is 0.246 e. The number of guanidine groups is 1. The average Bonchev–Trinajstić information content (AvgIpc) is 2.88. The molecule has 128 valence electrons. The van der Waals surface area contributed by atoms with E-state index < -0.39 is 0 Å². The lowest BCUT2D eigenvalue weighted by Crippen LogP contribution is -2.37. The molecule has 0 aliphatic carbocycles. The van der Waals surface area contributed by atoms with Crippen LogP contribution >= 0.6 is 11.3 Å². The van der Waals surface area contributed by atoms with Crippen molar-refractivity contribution in [3.05, 3.63) is 40.1 Å². The lowest BCUT2D eigenvalue weighted by molar-refractivity contribution is -0.114. The van der Waals surface area contributed by atoms with Gasteiger partial charge in [-0.15, -0.1) is 11.3 Å². The molecule has 0 aliphatic heterocycles. The van der Waals surface area contributed by atoms with Crippen LogP contribution in [-0.2, 0) is 11.3 Å². The Balaban J connectivity index is 1.90. The number of aryl methyl sites for hydroxylation is 2. The fourth-order valence-electron chi connectivity index (χ4n) is 2.03. The van der Waals surface area contributed by atoms with Gasteiger partial charge in [-0.2, -0.15) is 0 Å². The number of nitrogens with one attached hydrogen (secondary N) is 3.